The van der Waals surface area contributed by atoms with Gasteiger partial charge in [0.05, 0.1) is 6.61 Å². The van der Waals surface area contributed by atoms with Gasteiger partial charge < -0.3 is 15.4 Å². The van der Waals surface area contributed by atoms with E-state index in [0.29, 0.717) is 0 Å². The first-order valence-corrected chi connectivity index (χ1v) is 4.43. The minimum atomic E-state index is 0. The molecule has 1 aliphatic heterocycles. The zero-order valence-electron chi connectivity index (χ0n) is 7.91. The molecule has 1 fully saturated rings. The van der Waals surface area contributed by atoms with Crippen molar-refractivity contribution in [3.63, 3.8) is 0 Å². The van der Waals surface area contributed by atoms with Crippen LogP contribution in [0.5, 0.6) is 0 Å². The quantitative estimate of drug-likeness (QED) is 0.784. The van der Waals surface area contributed by atoms with Crippen LogP contribution in [0.4, 0.5) is 0 Å². The van der Waals surface area contributed by atoms with Crippen molar-refractivity contribution in [1.82, 2.24) is 4.90 Å². The number of halogens is 2. The Labute approximate surface area is 92.8 Å². The Morgan fingerprint density at radius 2 is 1.92 bits per heavy atom. The van der Waals surface area contributed by atoms with Crippen molar-refractivity contribution >= 4 is 24.8 Å². The molecule has 13 heavy (non-hydrogen) atoms. The first-order chi connectivity index (χ1) is 5.43. The van der Waals surface area contributed by atoms with Gasteiger partial charge >= 0.3 is 0 Å². The molecule has 0 atom stereocenters. The highest BCUT2D eigenvalue weighted by Gasteiger charge is 2.07. The van der Waals surface area contributed by atoms with E-state index in [2.05, 4.69) is 4.90 Å². The van der Waals surface area contributed by atoms with Gasteiger partial charge in [0, 0.05) is 19.7 Å². The van der Waals surface area contributed by atoms with Crippen LogP contribution in [0.1, 0.15) is 12.8 Å². The molecule has 1 saturated heterocycles. The molecule has 2 N–H and O–H groups in total. The maximum absolute atomic E-state index is 5.43. The zero-order chi connectivity index (χ0) is 7.94. The van der Waals surface area contributed by atoms with Crippen LogP contribution in [0, 0.1) is 0 Å². The van der Waals surface area contributed by atoms with Gasteiger partial charge in [-0.05, 0) is 25.9 Å². The van der Waals surface area contributed by atoms with Gasteiger partial charge in [-0.2, -0.15) is 0 Å². The molecule has 0 aromatic carbocycles. The molecule has 0 saturated carbocycles. The lowest BCUT2D eigenvalue weighted by Crippen LogP contribution is -2.28. The van der Waals surface area contributed by atoms with Gasteiger partial charge in [-0.25, -0.2) is 0 Å². The summed E-state index contributed by atoms with van der Waals surface area (Å²) in [5.41, 5.74) is 5.43. The Balaban J connectivity index is 0. The summed E-state index contributed by atoms with van der Waals surface area (Å²) in [5.74, 6) is 0. The lowest BCUT2D eigenvalue weighted by atomic mass is 10.3. The fraction of sp³-hybridized carbons (Fsp3) is 1.00. The molecule has 0 bridgehead atoms. The number of rotatable bonds is 3. The molecule has 3 nitrogen and oxygen atoms in total. The van der Waals surface area contributed by atoms with Gasteiger partial charge in [0.25, 0.3) is 0 Å². The van der Waals surface area contributed by atoms with Gasteiger partial charge in [-0.15, -0.1) is 24.8 Å². The van der Waals surface area contributed by atoms with Crippen molar-refractivity contribution in [1.29, 1.82) is 0 Å². The minimum absolute atomic E-state index is 0. The Hall–Kier alpha value is 0.460. The predicted molar refractivity (Wildman–Crippen MR) is 60.0 cm³/mol. The van der Waals surface area contributed by atoms with E-state index in [1.54, 1.807) is 0 Å². The molecule has 1 rings (SSSR count). The molecule has 0 unspecified atom stereocenters. The Morgan fingerprint density at radius 1 is 1.15 bits per heavy atom. The summed E-state index contributed by atoms with van der Waals surface area (Å²) in [6.45, 7) is 6.03. The third kappa shape index (κ3) is 7.52. The highest BCUT2D eigenvalue weighted by Crippen LogP contribution is 1.98. The Morgan fingerprint density at radius 3 is 2.62 bits per heavy atom. The molecule has 0 radical (unpaired) electrons. The van der Waals surface area contributed by atoms with E-state index in [1.165, 1.54) is 13.0 Å². The first-order valence-electron chi connectivity index (χ1n) is 4.43. The zero-order valence-corrected chi connectivity index (χ0v) is 9.54. The van der Waals surface area contributed by atoms with Crippen molar-refractivity contribution in [3.05, 3.63) is 0 Å². The maximum Gasteiger partial charge on any atom is 0.0593 e. The molecule has 1 aliphatic rings. The second-order valence-electron chi connectivity index (χ2n) is 2.95. The van der Waals surface area contributed by atoms with Crippen LogP contribution < -0.4 is 5.73 Å². The standard InChI is InChI=1S/C8H18N2O.2ClH/c9-3-1-4-10-5-2-7-11-8-6-10;;/h1-9H2;2*1H. The molecule has 0 aromatic rings. The van der Waals surface area contributed by atoms with E-state index in [4.69, 9.17) is 10.5 Å². The van der Waals surface area contributed by atoms with Crippen LogP contribution in [0.3, 0.4) is 0 Å². The lowest BCUT2D eigenvalue weighted by molar-refractivity contribution is 0.141. The Bertz CT molecular complexity index is 98.1. The minimum Gasteiger partial charge on any atom is -0.380 e. The van der Waals surface area contributed by atoms with Gasteiger partial charge in [-0.1, -0.05) is 0 Å². The van der Waals surface area contributed by atoms with Crippen LogP contribution in [0.15, 0.2) is 0 Å². The number of hydrogen-bond acceptors (Lipinski definition) is 3. The van der Waals surface area contributed by atoms with E-state index < -0.39 is 0 Å². The fourth-order valence-corrected chi connectivity index (χ4v) is 1.34. The molecule has 0 aliphatic carbocycles. The third-order valence-electron chi connectivity index (χ3n) is 1.99. The van der Waals surface area contributed by atoms with Crippen LogP contribution in [-0.4, -0.2) is 44.3 Å². The summed E-state index contributed by atoms with van der Waals surface area (Å²) < 4.78 is 5.33. The van der Waals surface area contributed by atoms with Crippen molar-refractivity contribution < 1.29 is 4.74 Å². The second kappa shape index (κ2) is 10.5. The van der Waals surface area contributed by atoms with E-state index in [1.807, 2.05) is 0 Å². The monoisotopic (exact) mass is 230 g/mol. The largest absolute Gasteiger partial charge is 0.380 e. The van der Waals surface area contributed by atoms with Crippen LogP contribution >= 0.6 is 24.8 Å². The molecule has 0 aromatic heterocycles. The second-order valence-corrected chi connectivity index (χ2v) is 2.95. The fourth-order valence-electron chi connectivity index (χ4n) is 1.34. The molecule has 82 valence electrons. The number of hydrogen-bond donors (Lipinski definition) is 1. The molecule has 5 heteroatoms. The number of ether oxygens (including phenoxy) is 1. The average Bonchev–Trinajstić information content (AvgIpc) is 2.28. The number of nitrogens with two attached hydrogens (primary N) is 1. The van der Waals surface area contributed by atoms with Gasteiger partial charge in [0.1, 0.15) is 0 Å². The summed E-state index contributed by atoms with van der Waals surface area (Å²) >= 11 is 0. The summed E-state index contributed by atoms with van der Waals surface area (Å²) in [4.78, 5) is 2.43. The van der Waals surface area contributed by atoms with Crippen molar-refractivity contribution in [3.8, 4) is 0 Å². The lowest BCUT2D eigenvalue weighted by Gasteiger charge is -2.17. The van der Waals surface area contributed by atoms with Crippen LogP contribution in [-0.2, 0) is 4.74 Å². The highest BCUT2D eigenvalue weighted by molar-refractivity contribution is 5.85. The molecule has 0 amide bonds. The van der Waals surface area contributed by atoms with Crippen LogP contribution in [0.25, 0.3) is 0 Å². The summed E-state index contributed by atoms with van der Waals surface area (Å²) in [6, 6.07) is 0. The van der Waals surface area contributed by atoms with Crippen molar-refractivity contribution in [2.75, 3.05) is 39.4 Å². The molecule has 0 spiro atoms. The predicted octanol–water partition coefficient (Wildman–Crippen LogP) is 0.901. The number of nitrogens with zero attached hydrogens (tertiary/aromatic N) is 1. The average molecular weight is 231 g/mol. The van der Waals surface area contributed by atoms with Crippen molar-refractivity contribution in [2.45, 2.75) is 12.8 Å². The maximum atomic E-state index is 5.43. The van der Waals surface area contributed by atoms with Gasteiger partial charge in [0.2, 0.25) is 0 Å². The summed E-state index contributed by atoms with van der Waals surface area (Å²) in [7, 11) is 0. The first kappa shape index (κ1) is 15.9. The summed E-state index contributed by atoms with van der Waals surface area (Å²) in [6.07, 6.45) is 2.28. The normalized spacial score (nSPS) is 18.2. The van der Waals surface area contributed by atoms with Crippen LogP contribution in [0.2, 0.25) is 0 Å². The molecule has 1 heterocycles. The van der Waals surface area contributed by atoms with Gasteiger partial charge in [0.15, 0.2) is 0 Å². The van der Waals surface area contributed by atoms with E-state index in [9.17, 15) is 0 Å². The highest BCUT2D eigenvalue weighted by atomic mass is 35.5. The smallest absolute Gasteiger partial charge is 0.0593 e. The molecular formula is C8H20Cl2N2O. The SMILES string of the molecule is Cl.Cl.NCCCN1CCCOCC1. The summed E-state index contributed by atoms with van der Waals surface area (Å²) in [5, 5.41) is 0. The van der Waals surface area contributed by atoms with E-state index in [-0.39, 0.29) is 24.8 Å². The Kier molecular flexibility index (Phi) is 12.9. The topological polar surface area (TPSA) is 38.5 Å². The van der Waals surface area contributed by atoms with Gasteiger partial charge in [-0.3, -0.25) is 0 Å². The molecular weight excluding hydrogens is 211 g/mol. The van der Waals surface area contributed by atoms with E-state index >= 15 is 0 Å². The third-order valence-corrected chi connectivity index (χ3v) is 1.99. The van der Waals surface area contributed by atoms with E-state index in [0.717, 1.165) is 39.3 Å². The van der Waals surface area contributed by atoms with Crippen molar-refractivity contribution in [2.24, 2.45) is 5.73 Å².